The fourth-order valence-electron chi connectivity index (χ4n) is 3.04. The van der Waals surface area contributed by atoms with Gasteiger partial charge in [0.1, 0.15) is 10.0 Å². The highest BCUT2D eigenvalue weighted by atomic mass is 32.1. The Hall–Kier alpha value is -4.74. The largest absolute Gasteiger partial charge is 0.381 e. The first-order chi connectivity index (χ1) is 18.8. The van der Waals surface area contributed by atoms with Crippen molar-refractivity contribution in [2.45, 2.75) is 12.8 Å². The van der Waals surface area contributed by atoms with Crippen molar-refractivity contribution in [1.29, 1.82) is 0 Å². The number of nitro groups is 2. The van der Waals surface area contributed by atoms with Gasteiger partial charge in [-0.25, -0.2) is 0 Å². The minimum Gasteiger partial charge on any atom is -0.381 e. The summed E-state index contributed by atoms with van der Waals surface area (Å²) in [4.78, 5) is 44.9. The Balaban J connectivity index is 1.16. The predicted molar refractivity (Wildman–Crippen MR) is 140 cm³/mol. The van der Waals surface area contributed by atoms with Crippen LogP contribution in [0.25, 0.3) is 0 Å². The molecule has 4 aromatic rings. The number of hydrogen-bond acceptors (Lipinski definition) is 13. The van der Waals surface area contributed by atoms with Gasteiger partial charge < -0.3 is 4.74 Å². The smallest absolute Gasteiger partial charge is 0.269 e. The normalized spacial score (nSPS) is 10.7. The molecule has 0 bridgehead atoms. The fraction of sp³-hybridized carbons (Fsp3) is 0.182. The van der Waals surface area contributed by atoms with Gasteiger partial charge in [-0.2, -0.15) is 0 Å². The van der Waals surface area contributed by atoms with Crippen molar-refractivity contribution in [1.82, 2.24) is 20.4 Å². The maximum Gasteiger partial charge on any atom is 0.269 e. The molecule has 0 saturated heterocycles. The summed E-state index contributed by atoms with van der Waals surface area (Å²) in [5.74, 6) is -0.909. The molecule has 2 heterocycles. The van der Waals surface area contributed by atoms with Crippen molar-refractivity contribution < 1.29 is 24.2 Å². The van der Waals surface area contributed by atoms with Crippen molar-refractivity contribution in [3.8, 4) is 0 Å². The number of carbonyl (C=O) groups is 2. The molecular formula is C22H18N8O7S2. The Morgan fingerprint density at radius 3 is 1.44 bits per heavy atom. The molecule has 0 aliphatic rings. The maximum absolute atomic E-state index is 12.3. The molecule has 2 aromatic carbocycles. The van der Waals surface area contributed by atoms with E-state index >= 15 is 0 Å². The van der Waals surface area contributed by atoms with Crippen LogP contribution >= 0.6 is 22.7 Å². The van der Waals surface area contributed by atoms with Crippen LogP contribution in [0.5, 0.6) is 0 Å². The second kappa shape index (κ2) is 12.7. The number of non-ortho nitro benzene ring substituents is 2. The first-order valence-electron chi connectivity index (χ1n) is 11.1. The Morgan fingerprint density at radius 1 is 0.692 bits per heavy atom. The molecule has 0 spiro atoms. The number of amides is 2. The van der Waals surface area contributed by atoms with Gasteiger partial charge in [0.05, 0.1) is 23.1 Å². The molecule has 0 fully saturated rings. The molecule has 0 saturated carbocycles. The highest BCUT2D eigenvalue weighted by Gasteiger charge is 2.14. The molecule has 200 valence electrons. The van der Waals surface area contributed by atoms with Crippen molar-refractivity contribution in [3.05, 3.63) is 89.9 Å². The van der Waals surface area contributed by atoms with Gasteiger partial charge in [-0.15, -0.1) is 20.4 Å². The first kappa shape index (κ1) is 27.3. The van der Waals surface area contributed by atoms with E-state index in [1.165, 1.54) is 71.2 Å². The summed E-state index contributed by atoms with van der Waals surface area (Å²) in [6, 6.07) is 10.4. The molecule has 15 nitrogen and oxygen atoms in total. The second-order valence-corrected chi connectivity index (χ2v) is 9.75. The van der Waals surface area contributed by atoms with Gasteiger partial charge in [-0.3, -0.25) is 40.5 Å². The van der Waals surface area contributed by atoms with Crippen LogP contribution in [0.1, 0.15) is 30.7 Å². The Kier molecular flexibility index (Phi) is 8.87. The number of aromatic nitrogens is 4. The van der Waals surface area contributed by atoms with Gasteiger partial charge in [0.2, 0.25) is 10.3 Å². The van der Waals surface area contributed by atoms with Crippen LogP contribution in [0.3, 0.4) is 0 Å². The zero-order valence-electron chi connectivity index (χ0n) is 19.8. The topological polar surface area (TPSA) is 205 Å². The average Bonchev–Trinajstić information content (AvgIpc) is 3.57. The van der Waals surface area contributed by atoms with Crippen LogP contribution < -0.4 is 10.6 Å². The lowest BCUT2D eigenvalue weighted by Gasteiger charge is -2.01. The average molecular weight is 571 g/mol. The standard InChI is InChI=1S/C22H18N8O7S2/c31-19(13-1-5-15(6-2-13)29(33)34)23-21-27-25-17(38-21)9-11-37-12-10-18-26-28-22(39-18)24-20(32)14-3-7-16(8-4-14)30(35)36/h1-8H,9-12H2,(H,23,27,31)(H,24,28,32). The van der Waals surface area contributed by atoms with Crippen LogP contribution in [-0.2, 0) is 17.6 Å². The summed E-state index contributed by atoms with van der Waals surface area (Å²) in [5, 5.41) is 44.4. The van der Waals surface area contributed by atoms with Gasteiger partial charge in [0, 0.05) is 48.2 Å². The Labute approximate surface area is 227 Å². The minimum absolute atomic E-state index is 0.109. The van der Waals surface area contributed by atoms with E-state index in [0.717, 1.165) is 0 Å². The van der Waals surface area contributed by atoms with Gasteiger partial charge in [-0.05, 0) is 24.3 Å². The third-order valence-corrected chi connectivity index (χ3v) is 6.77. The summed E-state index contributed by atoms with van der Waals surface area (Å²) < 4.78 is 5.61. The van der Waals surface area contributed by atoms with Crippen LogP contribution in [0.15, 0.2) is 48.5 Å². The third-order valence-electron chi connectivity index (χ3n) is 4.98. The van der Waals surface area contributed by atoms with Crippen LogP contribution in [-0.4, -0.2) is 55.3 Å². The number of nitrogens with one attached hydrogen (secondary N) is 2. The van der Waals surface area contributed by atoms with Gasteiger partial charge in [-0.1, -0.05) is 22.7 Å². The van der Waals surface area contributed by atoms with E-state index in [0.29, 0.717) is 46.3 Å². The molecule has 0 radical (unpaired) electrons. The van der Waals surface area contributed by atoms with Crippen molar-refractivity contribution >= 4 is 56.1 Å². The molecule has 2 aromatic heterocycles. The second-order valence-electron chi connectivity index (χ2n) is 7.63. The summed E-state index contributed by atoms with van der Waals surface area (Å²) in [6.07, 6.45) is 0.940. The van der Waals surface area contributed by atoms with E-state index in [1.54, 1.807) is 0 Å². The molecule has 17 heteroatoms. The molecular weight excluding hydrogens is 552 g/mol. The molecule has 2 N–H and O–H groups in total. The SMILES string of the molecule is O=C(Nc1nnc(CCOCCc2nnc(NC(=O)c3ccc([N+](=O)[O-])cc3)s2)s1)c1ccc([N+](=O)[O-])cc1. The Morgan fingerprint density at radius 2 is 1.08 bits per heavy atom. The number of anilines is 2. The van der Waals surface area contributed by atoms with Gasteiger partial charge >= 0.3 is 0 Å². The molecule has 0 aliphatic heterocycles. The highest BCUT2D eigenvalue weighted by Crippen LogP contribution is 2.20. The van der Waals surface area contributed by atoms with Crippen molar-refractivity contribution in [3.63, 3.8) is 0 Å². The molecule has 2 amide bonds. The monoisotopic (exact) mass is 570 g/mol. The molecule has 0 unspecified atom stereocenters. The van der Waals surface area contributed by atoms with Gasteiger partial charge in [0.25, 0.3) is 23.2 Å². The van der Waals surface area contributed by atoms with Crippen LogP contribution in [0, 0.1) is 20.2 Å². The number of ether oxygens (including phenoxy) is 1. The number of rotatable bonds is 12. The Bertz CT molecular complexity index is 1380. The summed E-state index contributed by atoms with van der Waals surface area (Å²) in [6.45, 7) is 0.709. The lowest BCUT2D eigenvalue weighted by Crippen LogP contribution is -2.11. The number of nitro benzene ring substituents is 2. The quantitative estimate of drug-likeness (QED) is 0.143. The van der Waals surface area contributed by atoms with E-state index in [1.807, 2.05) is 0 Å². The summed E-state index contributed by atoms with van der Waals surface area (Å²) in [7, 11) is 0. The lowest BCUT2D eigenvalue weighted by atomic mass is 10.2. The number of hydrogen-bond donors (Lipinski definition) is 2. The van der Waals surface area contributed by atoms with Crippen LogP contribution in [0.2, 0.25) is 0 Å². The summed E-state index contributed by atoms with van der Waals surface area (Å²) in [5.41, 5.74) is 0.295. The molecule has 39 heavy (non-hydrogen) atoms. The number of nitrogens with zero attached hydrogens (tertiary/aromatic N) is 6. The van der Waals surface area contributed by atoms with Crippen molar-refractivity contribution in [2.75, 3.05) is 23.8 Å². The maximum atomic E-state index is 12.3. The molecule has 0 aliphatic carbocycles. The van der Waals surface area contributed by atoms with E-state index in [9.17, 15) is 29.8 Å². The number of carbonyl (C=O) groups excluding carboxylic acids is 2. The van der Waals surface area contributed by atoms with E-state index in [4.69, 9.17) is 4.74 Å². The minimum atomic E-state index is -0.544. The van der Waals surface area contributed by atoms with E-state index in [-0.39, 0.29) is 22.5 Å². The summed E-state index contributed by atoms with van der Waals surface area (Å²) >= 11 is 2.38. The lowest BCUT2D eigenvalue weighted by molar-refractivity contribution is -0.385. The zero-order chi connectivity index (χ0) is 27.8. The van der Waals surface area contributed by atoms with E-state index < -0.39 is 21.7 Å². The highest BCUT2D eigenvalue weighted by molar-refractivity contribution is 7.15. The molecule has 0 atom stereocenters. The third kappa shape index (κ3) is 7.63. The zero-order valence-corrected chi connectivity index (χ0v) is 21.4. The van der Waals surface area contributed by atoms with E-state index in [2.05, 4.69) is 31.0 Å². The molecule has 4 rings (SSSR count). The fourth-order valence-corrected chi connectivity index (χ4v) is 4.47. The number of benzene rings is 2. The van der Waals surface area contributed by atoms with Crippen LogP contribution in [0.4, 0.5) is 21.6 Å². The first-order valence-corrected chi connectivity index (χ1v) is 12.8. The van der Waals surface area contributed by atoms with Crippen molar-refractivity contribution in [2.24, 2.45) is 0 Å². The predicted octanol–water partition coefficient (Wildman–Crippen LogP) is 3.51. The van der Waals surface area contributed by atoms with Gasteiger partial charge in [0.15, 0.2) is 0 Å².